The molecule has 0 saturated carbocycles. The number of carbonyl (C=O) groups is 2. The Morgan fingerprint density at radius 2 is 2.27 bits per heavy atom. The summed E-state index contributed by atoms with van der Waals surface area (Å²) in [5, 5.41) is 0. The number of hydrogen-bond donors (Lipinski definition) is 0. The van der Waals surface area contributed by atoms with Crippen molar-refractivity contribution < 1.29 is 18.7 Å². The molecule has 1 saturated heterocycles. The lowest BCUT2D eigenvalue weighted by molar-refractivity contribution is -0.00685. The number of ether oxygens (including phenoxy) is 1. The molecule has 4 rings (SSSR count). The smallest absolute Gasteiger partial charge is 0.257 e. The molecular formula is C20H22N2O4. The van der Waals surface area contributed by atoms with Crippen LogP contribution in [0.1, 0.15) is 57.7 Å². The normalized spacial score (nSPS) is 20.1. The molecule has 6 nitrogen and oxygen atoms in total. The van der Waals surface area contributed by atoms with Gasteiger partial charge in [0.25, 0.3) is 5.91 Å². The van der Waals surface area contributed by atoms with Gasteiger partial charge in [-0.15, -0.1) is 0 Å². The van der Waals surface area contributed by atoms with Crippen LogP contribution >= 0.6 is 0 Å². The van der Waals surface area contributed by atoms with E-state index in [-0.39, 0.29) is 17.8 Å². The summed E-state index contributed by atoms with van der Waals surface area (Å²) in [6.45, 7) is 1.70. The predicted molar refractivity (Wildman–Crippen MR) is 93.9 cm³/mol. The van der Waals surface area contributed by atoms with Crippen LogP contribution in [0.15, 0.2) is 35.2 Å². The summed E-state index contributed by atoms with van der Waals surface area (Å²) in [4.78, 5) is 31.0. The third-order valence-electron chi connectivity index (χ3n) is 5.06. The number of carbonyl (C=O) groups excluding carboxylic acids is 2. The van der Waals surface area contributed by atoms with Crippen LogP contribution in [0.25, 0.3) is 0 Å². The van der Waals surface area contributed by atoms with Gasteiger partial charge in [-0.05, 0) is 30.9 Å². The van der Waals surface area contributed by atoms with Gasteiger partial charge in [0.1, 0.15) is 12.0 Å². The van der Waals surface area contributed by atoms with Crippen LogP contribution in [0.5, 0.6) is 0 Å². The molecule has 0 aromatic carbocycles. The van der Waals surface area contributed by atoms with E-state index in [1.807, 2.05) is 12.1 Å². The Hall–Kier alpha value is -2.47. The van der Waals surface area contributed by atoms with E-state index in [0.29, 0.717) is 43.0 Å². The highest BCUT2D eigenvalue weighted by molar-refractivity contribution is 6.09. The van der Waals surface area contributed by atoms with Gasteiger partial charge in [0.05, 0.1) is 23.8 Å². The fraction of sp³-hybridized carbons (Fsp3) is 0.450. The van der Waals surface area contributed by atoms with Crippen molar-refractivity contribution in [3.8, 4) is 0 Å². The summed E-state index contributed by atoms with van der Waals surface area (Å²) < 4.78 is 11.5. The molecule has 2 aliphatic rings. The maximum atomic E-state index is 12.9. The van der Waals surface area contributed by atoms with Crippen LogP contribution in [0.4, 0.5) is 0 Å². The summed E-state index contributed by atoms with van der Waals surface area (Å²) >= 11 is 0. The molecule has 1 unspecified atom stereocenters. The van der Waals surface area contributed by atoms with Crippen molar-refractivity contribution in [2.75, 3.05) is 13.1 Å². The van der Waals surface area contributed by atoms with E-state index in [1.165, 1.54) is 6.26 Å². The molecule has 1 fully saturated rings. The standard InChI is InChI=1S/C20H22N2O4/c23-17-6-1-7-18-19(17)16(13-26-18)20(24)22-9-3-5-15(11-22)25-12-14-4-2-8-21-10-14/h2,4,8,10,13,15H,1,3,5-7,9,11-12H2. The highest BCUT2D eigenvalue weighted by atomic mass is 16.5. The van der Waals surface area contributed by atoms with Gasteiger partial charge in [0.15, 0.2) is 5.78 Å². The zero-order chi connectivity index (χ0) is 17.9. The predicted octanol–water partition coefficient (Wildman–Crippen LogP) is 3.02. The Labute approximate surface area is 152 Å². The van der Waals surface area contributed by atoms with Gasteiger partial charge >= 0.3 is 0 Å². The summed E-state index contributed by atoms with van der Waals surface area (Å²) in [7, 11) is 0. The number of aryl methyl sites for hydroxylation is 1. The summed E-state index contributed by atoms with van der Waals surface area (Å²) in [5.74, 6) is 0.552. The van der Waals surface area contributed by atoms with E-state index in [1.54, 1.807) is 17.3 Å². The van der Waals surface area contributed by atoms with Crippen LogP contribution in [-0.4, -0.2) is 40.8 Å². The van der Waals surface area contributed by atoms with Crippen molar-refractivity contribution >= 4 is 11.7 Å². The number of Topliss-reactive ketones (excluding diaryl/α,β-unsaturated/α-hetero) is 1. The molecule has 1 atom stereocenters. The van der Waals surface area contributed by atoms with Crippen LogP contribution in [0.2, 0.25) is 0 Å². The third kappa shape index (κ3) is 3.42. The number of fused-ring (bicyclic) bond motifs is 1. The van der Waals surface area contributed by atoms with Gasteiger partial charge in [0.2, 0.25) is 0 Å². The third-order valence-corrected chi connectivity index (χ3v) is 5.06. The fourth-order valence-corrected chi connectivity index (χ4v) is 3.71. The van der Waals surface area contributed by atoms with Gasteiger partial charge in [-0.25, -0.2) is 0 Å². The molecular weight excluding hydrogens is 332 g/mol. The molecule has 0 spiro atoms. The molecule has 0 bridgehead atoms. The van der Waals surface area contributed by atoms with Crippen molar-refractivity contribution in [1.82, 2.24) is 9.88 Å². The lowest BCUT2D eigenvalue weighted by Crippen LogP contribution is -2.43. The minimum atomic E-state index is -0.125. The largest absolute Gasteiger partial charge is 0.468 e. The minimum absolute atomic E-state index is 0.00802. The SMILES string of the molecule is O=C1CCCc2occ(C(=O)N3CCCC(OCc4cccnc4)C3)c21. The molecule has 3 heterocycles. The van der Waals surface area contributed by atoms with E-state index >= 15 is 0 Å². The molecule has 0 N–H and O–H groups in total. The second-order valence-corrected chi connectivity index (χ2v) is 6.91. The van der Waals surface area contributed by atoms with Crippen LogP contribution in [-0.2, 0) is 17.8 Å². The first-order valence-electron chi connectivity index (χ1n) is 9.15. The number of rotatable bonds is 4. The van der Waals surface area contributed by atoms with E-state index in [0.717, 1.165) is 31.2 Å². The first kappa shape index (κ1) is 17.0. The fourth-order valence-electron chi connectivity index (χ4n) is 3.71. The van der Waals surface area contributed by atoms with Gasteiger partial charge in [0, 0.05) is 38.3 Å². The Morgan fingerprint density at radius 1 is 1.35 bits per heavy atom. The number of likely N-dealkylation sites (tertiary alicyclic amines) is 1. The number of pyridine rings is 1. The number of amides is 1. The number of ketones is 1. The highest BCUT2D eigenvalue weighted by Gasteiger charge is 2.32. The lowest BCUT2D eigenvalue weighted by atomic mass is 9.93. The molecule has 6 heteroatoms. The first-order valence-corrected chi connectivity index (χ1v) is 9.15. The Kier molecular flexibility index (Phi) is 4.84. The molecule has 1 amide bonds. The van der Waals surface area contributed by atoms with E-state index in [2.05, 4.69) is 4.98 Å². The topological polar surface area (TPSA) is 72.6 Å². The molecule has 0 radical (unpaired) electrons. The van der Waals surface area contributed by atoms with Crippen molar-refractivity contribution in [1.29, 1.82) is 0 Å². The minimum Gasteiger partial charge on any atom is -0.468 e. The number of piperidine rings is 1. The molecule has 26 heavy (non-hydrogen) atoms. The van der Waals surface area contributed by atoms with Crippen molar-refractivity contribution in [3.05, 3.63) is 53.2 Å². The van der Waals surface area contributed by atoms with Gasteiger partial charge in [-0.3, -0.25) is 14.6 Å². The average molecular weight is 354 g/mol. The number of furan rings is 1. The lowest BCUT2D eigenvalue weighted by Gasteiger charge is -2.32. The van der Waals surface area contributed by atoms with E-state index in [4.69, 9.17) is 9.15 Å². The Bertz CT molecular complexity index is 799. The van der Waals surface area contributed by atoms with Crippen LogP contribution in [0.3, 0.4) is 0 Å². The average Bonchev–Trinajstić information content (AvgIpc) is 3.12. The molecule has 1 aliphatic heterocycles. The van der Waals surface area contributed by atoms with Crippen molar-refractivity contribution in [3.63, 3.8) is 0 Å². The Balaban J connectivity index is 1.42. The molecule has 2 aromatic heterocycles. The summed E-state index contributed by atoms with van der Waals surface area (Å²) in [6, 6.07) is 3.86. The maximum Gasteiger partial charge on any atom is 0.257 e. The van der Waals surface area contributed by atoms with Gasteiger partial charge in [-0.1, -0.05) is 6.07 Å². The summed E-state index contributed by atoms with van der Waals surface area (Å²) in [5.41, 5.74) is 1.93. The van der Waals surface area contributed by atoms with Crippen LogP contribution in [0, 0.1) is 0 Å². The van der Waals surface area contributed by atoms with Gasteiger partial charge in [-0.2, -0.15) is 0 Å². The molecule has 136 valence electrons. The van der Waals surface area contributed by atoms with Crippen molar-refractivity contribution in [2.24, 2.45) is 0 Å². The maximum absolute atomic E-state index is 12.9. The molecule has 1 aliphatic carbocycles. The second-order valence-electron chi connectivity index (χ2n) is 6.91. The number of nitrogens with zero attached hydrogens (tertiary/aromatic N) is 2. The highest BCUT2D eigenvalue weighted by Crippen LogP contribution is 2.28. The summed E-state index contributed by atoms with van der Waals surface area (Å²) in [6.07, 6.45) is 8.79. The molecule has 2 aromatic rings. The second kappa shape index (κ2) is 7.41. The zero-order valence-corrected chi connectivity index (χ0v) is 14.6. The van der Waals surface area contributed by atoms with E-state index < -0.39 is 0 Å². The number of hydrogen-bond acceptors (Lipinski definition) is 5. The van der Waals surface area contributed by atoms with E-state index in [9.17, 15) is 9.59 Å². The van der Waals surface area contributed by atoms with Crippen molar-refractivity contribution in [2.45, 2.75) is 44.8 Å². The zero-order valence-electron chi connectivity index (χ0n) is 14.6. The quantitative estimate of drug-likeness (QED) is 0.844. The number of aromatic nitrogens is 1. The first-order chi connectivity index (χ1) is 12.7. The Morgan fingerprint density at radius 3 is 3.12 bits per heavy atom. The van der Waals surface area contributed by atoms with Crippen LogP contribution < -0.4 is 0 Å². The van der Waals surface area contributed by atoms with Gasteiger partial charge < -0.3 is 14.1 Å². The monoisotopic (exact) mass is 354 g/mol.